The topological polar surface area (TPSA) is 21.7 Å². The first kappa shape index (κ1) is 15.0. The molecule has 0 radical (unpaired) electrons. The van der Waals surface area contributed by atoms with Gasteiger partial charge in [-0.05, 0) is 31.5 Å². The first-order valence-corrected chi connectivity index (χ1v) is 7.90. The molecule has 0 N–H and O–H groups in total. The van der Waals surface area contributed by atoms with Crippen LogP contribution in [0.15, 0.2) is 12.1 Å². The minimum Gasteiger partial charge on any atom is -0.376 e. The van der Waals surface area contributed by atoms with E-state index in [0.29, 0.717) is 0 Å². The summed E-state index contributed by atoms with van der Waals surface area (Å²) in [5.74, 6) is 0.733. The van der Waals surface area contributed by atoms with Gasteiger partial charge in [-0.25, -0.2) is 0 Å². The molecular formula is C15H25NO2S. The summed E-state index contributed by atoms with van der Waals surface area (Å²) in [7, 11) is 2.15. The van der Waals surface area contributed by atoms with Crippen molar-refractivity contribution < 1.29 is 9.47 Å². The van der Waals surface area contributed by atoms with Gasteiger partial charge in [-0.1, -0.05) is 13.8 Å². The second kappa shape index (κ2) is 7.39. The molecule has 1 aliphatic heterocycles. The molecule has 0 saturated carbocycles. The van der Waals surface area contributed by atoms with Gasteiger partial charge < -0.3 is 9.47 Å². The van der Waals surface area contributed by atoms with E-state index >= 15 is 0 Å². The van der Waals surface area contributed by atoms with E-state index in [9.17, 15) is 0 Å². The Hall–Kier alpha value is -0.420. The van der Waals surface area contributed by atoms with Gasteiger partial charge in [-0.3, -0.25) is 4.90 Å². The van der Waals surface area contributed by atoms with Crippen molar-refractivity contribution in [2.45, 2.75) is 32.9 Å². The van der Waals surface area contributed by atoms with Crippen LogP contribution in [0.5, 0.6) is 0 Å². The van der Waals surface area contributed by atoms with Crippen molar-refractivity contribution in [2.75, 3.05) is 33.4 Å². The van der Waals surface area contributed by atoms with Crippen LogP contribution in [-0.2, 0) is 22.4 Å². The second-order valence-electron chi connectivity index (χ2n) is 5.73. The Bertz CT molecular complexity index is 372. The van der Waals surface area contributed by atoms with E-state index in [4.69, 9.17) is 9.47 Å². The van der Waals surface area contributed by atoms with Gasteiger partial charge in [0.2, 0.25) is 0 Å². The highest BCUT2D eigenvalue weighted by Crippen LogP contribution is 2.21. The molecule has 2 heterocycles. The highest BCUT2D eigenvalue weighted by molar-refractivity contribution is 7.11. The summed E-state index contributed by atoms with van der Waals surface area (Å²) in [5, 5.41) is 0. The lowest BCUT2D eigenvalue weighted by molar-refractivity contribution is -0.0962. The summed E-state index contributed by atoms with van der Waals surface area (Å²) < 4.78 is 11.1. The van der Waals surface area contributed by atoms with Gasteiger partial charge in [0, 0.05) is 22.8 Å². The average molecular weight is 283 g/mol. The van der Waals surface area contributed by atoms with Crippen molar-refractivity contribution in [1.82, 2.24) is 4.90 Å². The lowest BCUT2D eigenvalue weighted by Crippen LogP contribution is -2.38. The molecule has 0 bridgehead atoms. The molecule has 1 unspecified atom stereocenters. The fourth-order valence-corrected chi connectivity index (χ4v) is 3.65. The predicted molar refractivity (Wildman–Crippen MR) is 79.8 cm³/mol. The summed E-state index contributed by atoms with van der Waals surface area (Å²) in [4.78, 5) is 5.26. The first-order chi connectivity index (χ1) is 9.13. The highest BCUT2D eigenvalue weighted by atomic mass is 32.1. The van der Waals surface area contributed by atoms with Gasteiger partial charge in [0.1, 0.15) is 0 Å². The van der Waals surface area contributed by atoms with Crippen LogP contribution in [-0.4, -0.2) is 44.4 Å². The van der Waals surface area contributed by atoms with E-state index in [1.807, 2.05) is 11.3 Å². The van der Waals surface area contributed by atoms with Crippen molar-refractivity contribution in [3.63, 3.8) is 0 Å². The summed E-state index contributed by atoms with van der Waals surface area (Å²) >= 11 is 1.94. The van der Waals surface area contributed by atoms with E-state index in [1.165, 1.54) is 16.2 Å². The zero-order chi connectivity index (χ0) is 13.7. The first-order valence-electron chi connectivity index (χ1n) is 7.09. The molecule has 1 aromatic heterocycles. The molecular weight excluding hydrogens is 258 g/mol. The maximum atomic E-state index is 5.68. The van der Waals surface area contributed by atoms with Crippen molar-refractivity contribution in [2.24, 2.45) is 5.92 Å². The third kappa shape index (κ3) is 5.22. The number of hydrogen-bond donors (Lipinski definition) is 0. The predicted octanol–water partition coefficient (Wildman–Crippen LogP) is 2.79. The zero-order valence-electron chi connectivity index (χ0n) is 12.2. The number of ether oxygens (including phenoxy) is 2. The van der Waals surface area contributed by atoms with Gasteiger partial charge in [-0.15, -0.1) is 11.3 Å². The minimum absolute atomic E-state index is 0.230. The standard InChI is InChI=1S/C15H25NO2S/c1-12(2)8-14-4-5-15(19-14)10-16(3)9-13-11-17-6-7-18-13/h4-5,12-13H,6-11H2,1-3H3. The molecule has 2 rings (SSSR count). The Kier molecular flexibility index (Phi) is 5.82. The molecule has 19 heavy (non-hydrogen) atoms. The molecule has 1 fully saturated rings. The van der Waals surface area contributed by atoms with Crippen molar-refractivity contribution in [3.05, 3.63) is 21.9 Å². The average Bonchev–Trinajstić information content (AvgIpc) is 2.76. The maximum Gasteiger partial charge on any atom is 0.0936 e. The van der Waals surface area contributed by atoms with Gasteiger partial charge in [0.05, 0.1) is 25.9 Å². The van der Waals surface area contributed by atoms with Crippen LogP contribution < -0.4 is 0 Å². The van der Waals surface area contributed by atoms with Crippen LogP contribution in [0.3, 0.4) is 0 Å². The Morgan fingerprint density at radius 2 is 2.11 bits per heavy atom. The quantitative estimate of drug-likeness (QED) is 0.801. The Morgan fingerprint density at radius 3 is 2.79 bits per heavy atom. The number of likely N-dealkylation sites (N-methyl/N-ethyl adjacent to an activating group) is 1. The van der Waals surface area contributed by atoms with Gasteiger partial charge in [0.15, 0.2) is 0 Å². The lowest BCUT2D eigenvalue weighted by atomic mass is 10.1. The zero-order valence-corrected chi connectivity index (χ0v) is 13.0. The van der Waals surface area contributed by atoms with Gasteiger partial charge in [-0.2, -0.15) is 0 Å². The normalized spacial score (nSPS) is 20.4. The van der Waals surface area contributed by atoms with E-state index in [1.54, 1.807) is 0 Å². The molecule has 1 saturated heterocycles. The molecule has 3 nitrogen and oxygen atoms in total. The van der Waals surface area contributed by atoms with Crippen molar-refractivity contribution >= 4 is 11.3 Å². The Balaban J connectivity index is 1.77. The van der Waals surface area contributed by atoms with E-state index in [0.717, 1.165) is 38.8 Å². The van der Waals surface area contributed by atoms with Gasteiger partial charge in [0.25, 0.3) is 0 Å². The fourth-order valence-electron chi connectivity index (χ4n) is 2.34. The van der Waals surface area contributed by atoms with Crippen LogP contribution in [0.1, 0.15) is 23.6 Å². The fraction of sp³-hybridized carbons (Fsp3) is 0.733. The van der Waals surface area contributed by atoms with E-state index in [2.05, 4.69) is 37.9 Å². The minimum atomic E-state index is 0.230. The number of hydrogen-bond acceptors (Lipinski definition) is 4. The smallest absolute Gasteiger partial charge is 0.0936 e. The van der Waals surface area contributed by atoms with Crippen molar-refractivity contribution in [3.8, 4) is 0 Å². The molecule has 0 aromatic carbocycles. The largest absolute Gasteiger partial charge is 0.376 e. The lowest BCUT2D eigenvalue weighted by Gasteiger charge is -2.27. The SMILES string of the molecule is CC(C)Cc1ccc(CN(C)CC2COCCO2)s1. The van der Waals surface area contributed by atoms with Crippen LogP contribution in [0.2, 0.25) is 0 Å². The number of rotatable bonds is 6. The molecule has 1 aliphatic rings. The van der Waals surface area contributed by atoms with Crippen LogP contribution in [0.4, 0.5) is 0 Å². The van der Waals surface area contributed by atoms with E-state index < -0.39 is 0 Å². The van der Waals surface area contributed by atoms with E-state index in [-0.39, 0.29) is 6.10 Å². The Morgan fingerprint density at radius 1 is 1.32 bits per heavy atom. The molecule has 1 atom stereocenters. The monoisotopic (exact) mass is 283 g/mol. The summed E-state index contributed by atoms with van der Waals surface area (Å²) in [5.41, 5.74) is 0. The maximum absolute atomic E-state index is 5.68. The third-order valence-electron chi connectivity index (χ3n) is 3.15. The Labute approximate surface area is 120 Å². The van der Waals surface area contributed by atoms with Crippen molar-refractivity contribution in [1.29, 1.82) is 0 Å². The number of nitrogens with zero attached hydrogens (tertiary/aromatic N) is 1. The molecule has 1 aromatic rings. The second-order valence-corrected chi connectivity index (χ2v) is 6.98. The molecule has 0 amide bonds. The van der Waals surface area contributed by atoms with Crippen LogP contribution in [0.25, 0.3) is 0 Å². The number of thiophene rings is 1. The van der Waals surface area contributed by atoms with Crippen LogP contribution >= 0.6 is 11.3 Å². The summed E-state index contributed by atoms with van der Waals surface area (Å²) in [6.07, 6.45) is 1.42. The summed E-state index contributed by atoms with van der Waals surface area (Å²) in [6.45, 7) is 8.69. The molecule has 0 aliphatic carbocycles. The molecule has 108 valence electrons. The van der Waals surface area contributed by atoms with Gasteiger partial charge >= 0.3 is 0 Å². The highest BCUT2D eigenvalue weighted by Gasteiger charge is 2.16. The molecule has 0 spiro atoms. The van der Waals surface area contributed by atoms with Crippen LogP contribution in [0, 0.1) is 5.92 Å². The molecule has 4 heteroatoms. The third-order valence-corrected chi connectivity index (χ3v) is 4.25. The summed E-state index contributed by atoms with van der Waals surface area (Å²) in [6, 6.07) is 4.53.